The van der Waals surface area contributed by atoms with Crippen LogP contribution in [-0.4, -0.2) is 26.8 Å². The molecule has 0 aromatic heterocycles. The summed E-state index contributed by atoms with van der Waals surface area (Å²) in [5.74, 6) is 2.41. The molecule has 1 aliphatic rings. The first kappa shape index (κ1) is 16.2. The minimum atomic E-state index is 0.753. The molecule has 1 atom stereocenters. The molecule has 1 fully saturated rings. The highest BCUT2D eigenvalue weighted by atomic mass is 16.5. The summed E-state index contributed by atoms with van der Waals surface area (Å²) in [5, 5.41) is 3.59. The molecule has 118 valence electrons. The van der Waals surface area contributed by atoms with E-state index in [1.54, 1.807) is 14.2 Å². The van der Waals surface area contributed by atoms with Crippen LogP contribution in [0.1, 0.15) is 43.7 Å². The Morgan fingerprint density at radius 1 is 1.14 bits per heavy atom. The number of hydrogen-bond acceptors (Lipinski definition) is 3. The number of aryl methyl sites for hydroxylation is 2. The molecule has 0 spiro atoms. The summed E-state index contributed by atoms with van der Waals surface area (Å²) in [6.45, 7) is 5.66. The van der Waals surface area contributed by atoms with Crippen LogP contribution < -0.4 is 14.8 Å². The number of benzene rings is 1. The molecule has 21 heavy (non-hydrogen) atoms. The van der Waals surface area contributed by atoms with Gasteiger partial charge in [-0.1, -0.05) is 6.92 Å². The van der Waals surface area contributed by atoms with Crippen molar-refractivity contribution < 1.29 is 9.47 Å². The molecular weight excluding hydrogens is 262 g/mol. The lowest BCUT2D eigenvalue weighted by Crippen LogP contribution is -2.19. The molecule has 1 aliphatic carbocycles. The number of methoxy groups -OCH3 is 2. The lowest BCUT2D eigenvalue weighted by atomic mass is 9.95. The van der Waals surface area contributed by atoms with Crippen LogP contribution in [0.2, 0.25) is 0 Å². The largest absolute Gasteiger partial charge is 0.493 e. The van der Waals surface area contributed by atoms with Gasteiger partial charge in [0.15, 0.2) is 11.5 Å². The van der Waals surface area contributed by atoms with E-state index in [0.717, 1.165) is 36.4 Å². The molecule has 1 N–H and O–H groups in total. The number of rotatable bonds is 9. The molecule has 0 radical (unpaired) electrons. The molecule has 0 aliphatic heterocycles. The van der Waals surface area contributed by atoms with Gasteiger partial charge in [-0.3, -0.25) is 0 Å². The molecule has 2 rings (SSSR count). The Balaban J connectivity index is 1.83. The third-order valence-corrected chi connectivity index (χ3v) is 4.40. The number of hydrogen-bond donors (Lipinski definition) is 1. The SMILES string of the molecule is COc1cc(C)c(CCC(C)CCNC2CC2)cc1OC. The smallest absolute Gasteiger partial charge is 0.161 e. The lowest BCUT2D eigenvalue weighted by molar-refractivity contribution is 0.354. The molecular formula is C18H29NO2. The summed E-state index contributed by atoms with van der Waals surface area (Å²) in [5.41, 5.74) is 2.66. The summed E-state index contributed by atoms with van der Waals surface area (Å²) < 4.78 is 10.7. The van der Waals surface area contributed by atoms with E-state index < -0.39 is 0 Å². The molecule has 1 saturated carbocycles. The van der Waals surface area contributed by atoms with Gasteiger partial charge >= 0.3 is 0 Å². The second-order valence-corrected chi connectivity index (χ2v) is 6.29. The molecule has 0 saturated heterocycles. The first-order valence-corrected chi connectivity index (χ1v) is 8.09. The van der Waals surface area contributed by atoms with Crippen LogP contribution in [0.25, 0.3) is 0 Å². The van der Waals surface area contributed by atoms with Gasteiger partial charge in [0.1, 0.15) is 0 Å². The zero-order valence-electron chi connectivity index (χ0n) is 13.9. The van der Waals surface area contributed by atoms with Crippen molar-refractivity contribution in [2.45, 2.75) is 52.0 Å². The molecule has 3 heteroatoms. The first-order chi connectivity index (χ1) is 10.1. The predicted molar refractivity (Wildman–Crippen MR) is 87.4 cm³/mol. The van der Waals surface area contributed by atoms with Crippen LogP contribution in [-0.2, 0) is 6.42 Å². The Kier molecular flexibility index (Phi) is 5.92. The normalized spacial score (nSPS) is 15.8. The number of nitrogens with one attached hydrogen (secondary N) is 1. The van der Waals surface area contributed by atoms with Gasteiger partial charge < -0.3 is 14.8 Å². The van der Waals surface area contributed by atoms with Crippen LogP contribution in [0.5, 0.6) is 11.5 Å². The minimum absolute atomic E-state index is 0.753. The van der Waals surface area contributed by atoms with E-state index in [1.807, 2.05) is 0 Å². The maximum atomic E-state index is 5.40. The zero-order chi connectivity index (χ0) is 15.2. The highest BCUT2D eigenvalue weighted by Crippen LogP contribution is 2.31. The van der Waals surface area contributed by atoms with E-state index in [1.165, 1.54) is 36.8 Å². The first-order valence-electron chi connectivity index (χ1n) is 8.09. The lowest BCUT2D eigenvalue weighted by Gasteiger charge is -2.15. The van der Waals surface area contributed by atoms with E-state index in [9.17, 15) is 0 Å². The van der Waals surface area contributed by atoms with Crippen molar-refractivity contribution in [1.82, 2.24) is 5.32 Å². The molecule has 0 heterocycles. The van der Waals surface area contributed by atoms with E-state index in [2.05, 4.69) is 31.3 Å². The standard InChI is InChI=1S/C18H29NO2/c1-13(9-10-19-16-7-8-16)5-6-15-12-18(21-4)17(20-3)11-14(15)2/h11-13,16,19H,5-10H2,1-4H3. The van der Waals surface area contributed by atoms with Gasteiger partial charge in [-0.05, 0) is 74.8 Å². The van der Waals surface area contributed by atoms with Gasteiger partial charge in [0.2, 0.25) is 0 Å². The van der Waals surface area contributed by atoms with Gasteiger partial charge in [-0.25, -0.2) is 0 Å². The highest BCUT2D eigenvalue weighted by molar-refractivity contribution is 5.47. The molecule has 1 aromatic rings. The van der Waals surface area contributed by atoms with E-state index in [0.29, 0.717) is 0 Å². The monoisotopic (exact) mass is 291 g/mol. The van der Waals surface area contributed by atoms with Crippen molar-refractivity contribution in [1.29, 1.82) is 0 Å². The summed E-state index contributed by atoms with van der Waals surface area (Å²) in [6.07, 6.45) is 6.35. The molecule has 0 bridgehead atoms. The van der Waals surface area contributed by atoms with Crippen molar-refractivity contribution in [3.63, 3.8) is 0 Å². The average Bonchev–Trinajstić information content (AvgIpc) is 3.29. The van der Waals surface area contributed by atoms with Gasteiger partial charge in [0.25, 0.3) is 0 Å². The maximum absolute atomic E-state index is 5.40. The highest BCUT2D eigenvalue weighted by Gasteiger charge is 2.20. The van der Waals surface area contributed by atoms with Crippen molar-refractivity contribution in [2.75, 3.05) is 20.8 Å². The van der Waals surface area contributed by atoms with Gasteiger partial charge in [0.05, 0.1) is 14.2 Å². The van der Waals surface area contributed by atoms with E-state index in [-0.39, 0.29) is 0 Å². The average molecular weight is 291 g/mol. The van der Waals surface area contributed by atoms with Crippen LogP contribution in [0.4, 0.5) is 0 Å². The Bertz CT molecular complexity index is 455. The second-order valence-electron chi connectivity index (χ2n) is 6.29. The van der Waals surface area contributed by atoms with Crippen LogP contribution in [0, 0.1) is 12.8 Å². The van der Waals surface area contributed by atoms with E-state index in [4.69, 9.17) is 9.47 Å². The minimum Gasteiger partial charge on any atom is -0.493 e. The Hall–Kier alpha value is -1.22. The summed E-state index contributed by atoms with van der Waals surface area (Å²) in [7, 11) is 3.38. The Morgan fingerprint density at radius 2 is 1.81 bits per heavy atom. The van der Waals surface area contributed by atoms with Crippen LogP contribution in [0.3, 0.4) is 0 Å². The summed E-state index contributed by atoms with van der Waals surface area (Å²) in [6, 6.07) is 5.03. The Labute approximate surface area is 129 Å². The second kappa shape index (κ2) is 7.69. The fourth-order valence-electron chi connectivity index (χ4n) is 2.66. The fraction of sp³-hybridized carbons (Fsp3) is 0.667. The Morgan fingerprint density at radius 3 is 2.43 bits per heavy atom. The predicted octanol–water partition coefficient (Wildman–Crippen LogP) is 3.72. The van der Waals surface area contributed by atoms with Crippen molar-refractivity contribution >= 4 is 0 Å². The molecule has 3 nitrogen and oxygen atoms in total. The van der Waals surface area contributed by atoms with Crippen molar-refractivity contribution in [3.8, 4) is 11.5 Å². The van der Waals surface area contributed by atoms with Gasteiger partial charge in [0, 0.05) is 6.04 Å². The third kappa shape index (κ3) is 4.92. The van der Waals surface area contributed by atoms with Crippen LogP contribution >= 0.6 is 0 Å². The van der Waals surface area contributed by atoms with Gasteiger partial charge in [-0.15, -0.1) is 0 Å². The van der Waals surface area contributed by atoms with Crippen LogP contribution in [0.15, 0.2) is 12.1 Å². The number of ether oxygens (including phenoxy) is 2. The summed E-state index contributed by atoms with van der Waals surface area (Å²) in [4.78, 5) is 0. The van der Waals surface area contributed by atoms with Gasteiger partial charge in [-0.2, -0.15) is 0 Å². The van der Waals surface area contributed by atoms with E-state index >= 15 is 0 Å². The maximum Gasteiger partial charge on any atom is 0.161 e. The molecule has 1 aromatic carbocycles. The quantitative estimate of drug-likeness (QED) is 0.752. The fourth-order valence-corrected chi connectivity index (χ4v) is 2.66. The third-order valence-electron chi connectivity index (χ3n) is 4.40. The molecule has 0 amide bonds. The molecule has 1 unspecified atom stereocenters. The topological polar surface area (TPSA) is 30.5 Å². The zero-order valence-corrected chi connectivity index (χ0v) is 13.9. The van der Waals surface area contributed by atoms with Crippen molar-refractivity contribution in [2.24, 2.45) is 5.92 Å². The summed E-state index contributed by atoms with van der Waals surface area (Å²) >= 11 is 0. The van der Waals surface area contributed by atoms with Crippen molar-refractivity contribution in [3.05, 3.63) is 23.3 Å².